The van der Waals surface area contributed by atoms with Gasteiger partial charge in [0.05, 0.1) is 11.7 Å². The zero-order chi connectivity index (χ0) is 14.7. The largest absolute Gasteiger partial charge is 0.334 e. The van der Waals surface area contributed by atoms with Crippen LogP contribution in [-0.4, -0.2) is 46.3 Å². The number of hydrogen-bond donors (Lipinski definition) is 1. The van der Waals surface area contributed by atoms with E-state index in [9.17, 15) is 4.79 Å². The summed E-state index contributed by atoms with van der Waals surface area (Å²) >= 11 is 0. The van der Waals surface area contributed by atoms with Crippen molar-refractivity contribution in [2.45, 2.75) is 52.6 Å². The molecule has 0 spiro atoms. The lowest BCUT2D eigenvalue weighted by molar-refractivity contribution is 0.0693. The van der Waals surface area contributed by atoms with Crippen molar-refractivity contribution >= 4 is 18.3 Å². The minimum absolute atomic E-state index is 0. The number of rotatable bonds is 4. The Morgan fingerprint density at radius 2 is 2.14 bits per heavy atom. The Bertz CT molecular complexity index is 470. The third kappa shape index (κ3) is 3.98. The van der Waals surface area contributed by atoms with Crippen molar-refractivity contribution < 1.29 is 4.79 Å². The summed E-state index contributed by atoms with van der Waals surface area (Å²) < 4.78 is 1.93. The Balaban J connectivity index is 0.00000220. The summed E-state index contributed by atoms with van der Waals surface area (Å²) in [5, 5.41) is 7.91. The molecule has 1 saturated heterocycles. The van der Waals surface area contributed by atoms with Crippen LogP contribution in [0.5, 0.6) is 0 Å². The Morgan fingerprint density at radius 3 is 2.71 bits per heavy atom. The Kier molecular flexibility index (Phi) is 6.68. The van der Waals surface area contributed by atoms with Gasteiger partial charge in [-0.2, -0.15) is 5.10 Å². The van der Waals surface area contributed by atoms with Crippen molar-refractivity contribution in [2.75, 3.05) is 19.6 Å². The minimum atomic E-state index is 0. The number of halogens is 1. The molecule has 1 atom stereocenters. The molecule has 1 N–H and O–H groups in total. The molecule has 1 aromatic rings. The summed E-state index contributed by atoms with van der Waals surface area (Å²) in [5.74, 6) is 0.117. The van der Waals surface area contributed by atoms with Gasteiger partial charge in [-0.1, -0.05) is 13.8 Å². The highest BCUT2D eigenvalue weighted by atomic mass is 35.5. The van der Waals surface area contributed by atoms with Crippen LogP contribution in [0.15, 0.2) is 6.07 Å². The first kappa shape index (κ1) is 18.0. The zero-order valence-electron chi connectivity index (χ0n) is 13.4. The van der Waals surface area contributed by atoms with Crippen molar-refractivity contribution in [1.29, 1.82) is 0 Å². The molecule has 5 nitrogen and oxygen atoms in total. The fourth-order valence-electron chi connectivity index (χ4n) is 2.87. The zero-order valence-corrected chi connectivity index (χ0v) is 14.2. The quantitative estimate of drug-likeness (QED) is 0.928. The Morgan fingerprint density at radius 1 is 1.48 bits per heavy atom. The monoisotopic (exact) mass is 314 g/mol. The van der Waals surface area contributed by atoms with Crippen LogP contribution in [0.4, 0.5) is 0 Å². The fourth-order valence-corrected chi connectivity index (χ4v) is 2.87. The number of amides is 1. The molecule has 0 saturated carbocycles. The molecule has 0 bridgehead atoms. The number of carbonyl (C=O) groups excluding carboxylic acids is 1. The molecule has 1 aromatic heterocycles. The van der Waals surface area contributed by atoms with Gasteiger partial charge in [0, 0.05) is 25.7 Å². The van der Waals surface area contributed by atoms with E-state index in [-0.39, 0.29) is 18.3 Å². The van der Waals surface area contributed by atoms with E-state index >= 15 is 0 Å². The van der Waals surface area contributed by atoms with Gasteiger partial charge in [0.2, 0.25) is 0 Å². The molecule has 1 amide bonds. The van der Waals surface area contributed by atoms with E-state index in [1.165, 1.54) is 0 Å². The number of nitrogens with zero attached hydrogens (tertiary/aromatic N) is 3. The summed E-state index contributed by atoms with van der Waals surface area (Å²) in [6.45, 7) is 10.8. The number of hydrogen-bond acceptors (Lipinski definition) is 3. The number of aryl methyl sites for hydroxylation is 1. The van der Waals surface area contributed by atoms with Crippen LogP contribution in [0.2, 0.25) is 0 Å². The lowest BCUT2D eigenvalue weighted by Gasteiger charge is -2.32. The molecule has 1 aliphatic heterocycles. The van der Waals surface area contributed by atoms with Crippen molar-refractivity contribution in [1.82, 2.24) is 20.0 Å². The predicted molar refractivity (Wildman–Crippen MR) is 87.2 cm³/mol. The molecule has 120 valence electrons. The van der Waals surface area contributed by atoms with Gasteiger partial charge < -0.3 is 10.2 Å². The average molecular weight is 315 g/mol. The van der Waals surface area contributed by atoms with Crippen LogP contribution in [0.3, 0.4) is 0 Å². The lowest BCUT2D eigenvalue weighted by atomic mass is 10.1. The maximum absolute atomic E-state index is 12.8. The van der Waals surface area contributed by atoms with Crippen molar-refractivity contribution in [3.8, 4) is 0 Å². The van der Waals surface area contributed by atoms with Crippen LogP contribution in [0.1, 0.15) is 55.8 Å². The third-order valence-corrected chi connectivity index (χ3v) is 4.02. The predicted octanol–water partition coefficient (Wildman–Crippen LogP) is 2.41. The van der Waals surface area contributed by atoms with E-state index in [1.807, 2.05) is 22.6 Å². The molecular formula is C15H27ClN4O. The van der Waals surface area contributed by atoms with E-state index in [0.717, 1.165) is 43.9 Å². The molecule has 0 unspecified atom stereocenters. The summed E-state index contributed by atoms with van der Waals surface area (Å²) in [5.41, 5.74) is 1.66. The van der Waals surface area contributed by atoms with Crippen LogP contribution in [0, 0.1) is 6.92 Å². The maximum atomic E-state index is 12.8. The van der Waals surface area contributed by atoms with E-state index in [4.69, 9.17) is 0 Å². The van der Waals surface area contributed by atoms with Gasteiger partial charge in [-0.25, -0.2) is 0 Å². The highest BCUT2D eigenvalue weighted by molar-refractivity contribution is 5.93. The first-order valence-electron chi connectivity index (χ1n) is 7.65. The molecule has 6 heteroatoms. The second kappa shape index (κ2) is 7.80. The van der Waals surface area contributed by atoms with Gasteiger partial charge in [-0.15, -0.1) is 12.4 Å². The maximum Gasteiger partial charge on any atom is 0.272 e. The molecular weight excluding hydrogens is 288 g/mol. The first-order valence-corrected chi connectivity index (χ1v) is 7.65. The van der Waals surface area contributed by atoms with Crippen molar-refractivity contribution in [3.63, 3.8) is 0 Å². The summed E-state index contributed by atoms with van der Waals surface area (Å²) in [7, 11) is 0. The second-order valence-electron chi connectivity index (χ2n) is 5.69. The van der Waals surface area contributed by atoms with Gasteiger partial charge in [0.25, 0.3) is 5.91 Å². The third-order valence-electron chi connectivity index (χ3n) is 4.02. The number of carbonyl (C=O) groups is 1. The SMILES string of the molecule is CCC(CC)n1nc(C)cc1C(=O)N1CCN[C@H](C)C1.Cl. The summed E-state index contributed by atoms with van der Waals surface area (Å²) in [4.78, 5) is 14.7. The topological polar surface area (TPSA) is 50.2 Å². The highest BCUT2D eigenvalue weighted by Crippen LogP contribution is 2.20. The number of nitrogens with one attached hydrogen (secondary N) is 1. The number of piperazine rings is 1. The molecule has 1 aliphatic rings. The van der Waals surface area contributed by atoms with Gasteiger partial charge >= 0.3 is 0 Å². The van der Waals surface area contributed by atoms with Crippen molar-refractivity contribution in [2.24, 2.45) is 0 Å². The molecule has 21 heavy (non-hydrogen) atoms. The van der Waals surface area contributed by atoms with E-state index in [2.05, 4.69) is 31.2 Å². The standard InChI is InChI=1S/C15H26N4O.ClH/c1-5-13(6-2)19-14(9-11(3)17-19)15(20)18-8-7-16-12(4)10-18;/h9,12-13,16H,5-8,10H2,1-4H3;1H/t12-;/m1./s1. The van der Waals surface area contributed by atoms with Crippen LogP contribution in [0.25, 0.3) is 0 Å². The molecule has 0 radical (unpaired) electrons. The van der Waals surface area contributed by atoms with Gasteiger partial charge in [-0.05, 0) is 32.8 Å². The summed E-state index contributed by atoms with van der Waals surface area (Å²) in [6, 6.07) is 2.59. The van der Waals surface area contributed by atoms with Crippen LogP contribution >= 0.6 is 12.4 Å². The molecule has 1 fully saturated rings. The lowest BCUT2D eigenvalue weighted by Crippen LogP contribution is -2.51. The average Bonchev–Trinajstić information content (AvgIpc) is 2.81. The normalized spacial score (nSPS) is 18.7. The Labute approximate surface area is 133 Å². The molecule has 0 aromatic carbocycles. The second-order valence-corrected chi connectivity index (χ2v) is 5.69. The molecule has 2 rings (SSSR count). The van der Waals surface area contributed by atoms with E-state index in [0.29, 0.717) is 12.1 Å². The molecule has 2 heterocycles. The van der Waals surface area contributed by atoms with E-state index in [1.54, 1.807) is 0 Å². The van der Waals surface area contributed by atoms with Crippen molar-refractivity contribution in [3.05, 3.63) is 17.5 Å². The Hall–Kier alpha value is -1.07. The van der Waals surface area contributed by atoms with Gasteiger partial charge in [0.15, 0.2) is 0 Å². The smallest absolute Gasteiger partial charge is 0.272 e. The fraction of sp³-hybridized carbons (Fsp3) is 0.733. The van der Waals surface area contributed by atoms with E-state index < -0.39 is 0 Å². The highest BCUT2D eigenvalue weighted by Gasteiger charge is 2.26. The van der Waals surface area contributed by atoms with Gasteiger partial charge in [-0.3, -0.25) is 9.48 Å². The minimum Gasteiger partial charge on any atom is -0.334 e. The van der Waals surface area contributed by atoms with Crippen LogP contribution < -0.4 is 5.32 Å². The molecule has 0 aliphatic carbocycles. The first-order chi connectivity index (χ1) is 9.56. The number of aromatic nitrogens is 2. The van der Waals surface area contributed by atoms with Gasteiger partial charge in [0.1, 0.15) is 5.69 Å². The summed E-state index contributed by atoms with van der Waals surface area (Å²) in [6.07, 6.45) is 1.99. The van der Waals surface area contributed by atoms with Crippen LogP contribution in [-0.2, 0) is 0 Å².